The Labute approximate surface area is 206 Å². The summed E-state index contributed by atoms with van der Waals surface area (Å²) in [5.74, 6) is -0.872. The number of benzene rings is 2. The number of amides is 1. The van der Waals surface area contributed by atoms with Gasteiger partial charge in [0.15, 0.2) is 0 Å². The van der Waals surface area contributed by atoms with Crippen LogP contribution in [0.3, 0.4) is 0 Å². The van der Waals surface area contributed by atoms with Gasteiger partial charge in [-0.2, -0.15) is 0 Å². The first-order valence-electron chi connectivity index (χ1n) is 12.1. The smallest absolute Gasteiger partial charge is 0.295 e. The third-order valence-electron chi connectivity index (χ3n) is 6.55. The van der Waals surface area contributed by atoms with E-state index in [0.29, 0.717) is 31.1 Å². The Kier molecular flexibility index (Phi) is 7.13. The van der Waals surface area contributed by atoms with Gasteiger partial charge >= 0.3 is 0 Å². The van der Waals surface area contributed by atoms with Crippen molar-refractivity contribution in [2.45, 2.75) is 51.2 Å². The van der Waals surface area contributed by atoms with Crippen LogP contribution < -0.4 is 4.74 Å². The number of ketones is 1. The van der Waals surface area contributed by atoms with Crippen molar-refractivity contribution < 1.29 is 24.2 Å². The molecule has 0 aliphatic carbocycles. The van der Waals surface area contributed by atoms with Crippen molar-refractivity contribution in [3.05, 3.63) is 83.4 Å². The van der Waals surface area contributed by atoms with Gasteiger partial charge in [0.25, 0.3) is 11.7 Å². The molecule has 2 fully saturated rings. The van der Waals surface area contributed by atoms with Crippen LogP contribution in [-0.4, -0.2) is 47.6 Å². The maximum absolute atomic E-state index is 13.2. The molecule has 184 valence electrons. The summed E-state index contributed by atoms with van der Waals surface area (Å²) in [6.07, 6.45) is 3.30. The summed E-state index contributed by atoms with van der Waals surface area (Å²) < 4.78 is 11.3. The number of hydrogen-bond donors (Lipinski definition) is 1. The predicted octanol–water partition coefficient (Wildman–Crippen LogP) is 5.15. The molecule has 0 aromatic heterocycles. The molecule has 2 atom stereocenters. The highest BCUT2D eigenvalue weighted by atomic mass is 16.5. The summed E-state index contributed by atoms with van der Waals surface area (Å²) in [6, 6.07) is 14.0. The number of rotatable bonds is 7. The molecule has 0 bridgehead atoms. The summed E-state index contributed by atoms with van der Waals surface area (Å²) in [5, 5.41) is 11.3. The second-order valence-electron chi connectivity index (χ2n) is 10.1. The average Bonchev–Trinajstić information content (AvgIpc) is 3.44. The number of ether oxygens (including phenoxy) is 2. The maximum Gasteiger partial charge on any atom is 0.295 e. The molecule has 2 aliphatic heterocycles. The lowest BCUT2D eigenvalue weighted by atomic mass is 9.85. The van der Waals surface area contributed by atoms with Gasteiger partial charge in [0.2, 0.25) is 0 Å². The zero-order valence-corrected chi connectivity index (χ0v) is 20.6. The van der Waals surface area contributed by atoms with Crippen LogP contribution in [0.4, 0.5) is 0 Å². The summed E-state index contributed by atoms with van der Waals surface area (Å²) >= 11 is 0. The van der Waals surface area contributed by atoms with Gasteiger partial charge in [-0.25, -0.2) is 0 Å². The standard InChI is InChI=1S/C29H33NO5/c1-5-16-34-22-14-10-20(11-15-22)26(31)24-25(19-8-12-21(13-9-19)29(2,3)4)30(28(33)27(24)32)18-23-7-6-17-35-23/h5,8-15,23,25,31H,1,6-7,16-18H2,2-4H3/b26-24+. The van der Waals surface area contributed by atoms with E-state index in [1.165, 1.54) is 0 Å². The van der Waals surface area contributed by atoms with Gasteiger partial charge in [-0.05, 0) is 53.6 Å². The van der Waals surface area contributed by atoms with E-state index in [1.54, 1.807) is 35.2 Å². The summed E-state index contributed by atoms with van der Waals surface area (Å²) in [5.41, 5.74) is 2.43. The fourth-order valence-corrected chi connectivity index (χ4v) is 4.61. The van der Waals surface area contributed by atoms with Crippen LogP contribution in [0.25, 0.3) is 5.76 Å². The van der Waals surface area contributed by atoms with Gasteiger partial charge in [-0.15, -0.1) is 0 Å². The molecule has 2 aromatic carbocycles. The van der Waals surface area contributed by atoms with Gasteiger partial charge in [0, 0.05) is 18.7 Å². The Hall–Kier alpha value is -3.38. The lowest BCUT2D eigenvalue weighted by Gasteiger charge is -2.28. The monoisotopic (exact) mass is 475 g/mol. The first-order valence-corrected chi connectivity index (χ1v) is 12.1. The van der Waals surface area contributed by atoms with Gasteiger partial charge in [0.1, 0.15) is 18.1 Å². The van der Waals surface area contributed by atoms with Gasteiger partial charge in [0.05, 0.1) is 17.7 Å². The number of likely N-dealkylation sites (tertiary alicyclic amines) is 1. The zero-order valence-electron chi connectivity index (χ0n) is 20.6. The molecule has 0 saturated carbocycles. The Morgan fingerprint density at radius 3 is 2.40 bits per heavy atom. The van der Waals surface area contributed by atoms with Crippen LogP contribution in [0.1, 0.15) is 56.3 Å². The van der Waals surface area contributed by atoms with E-state index in [4.69, 9.17) is 9.47 Å². The lowest BCUT2D eigenvalue weighted by molar-refractivity contribution is -0.140. The highest BCUT2D eigenvalue weighted by molar-refractivity contribution is 6.46. The Balaban J connectivity index is 1.76. The van der Waals surface area contributed by atoms with E-state index in [0.717, 1.165) is 24.0 Å². The number of Topliss-reactive ketones (excluding diaryl/α,β-unsaturated/α-hetero) is 1. The molecule has 2 saturated heterocycles. The molecular formula is C29H33NO5. The minimum Gasteiger partial charge on any atom is -0.507 e. The van der Waals surface area contributed by atoms with E-state index in [2.05, 4.69) is 27.4 Å². The van der Waals surface area contributed by atoms with Crippen molar-refractivity contribution in [1.82, 2.24) is 4.90 Å². The number of aliphatic hydroxyl groups is 1. The van der Waals surface area contributed by atoms with Gasteiger partial charge in [-0.3, -0.25) is 9.59 Å². The fourth-order valence-electron chi connectivity index (χ4n) is 4.61. The average molecular weight is 476 g/mol. The van der Waals surface area contributed by atoms with E-state index in [1.807, 2.05) is 24.3 Å². The molecule has 2 aromatic rings. The number of hydrogen-bond acceptors (Lipinski definition) is 5. The lowest BCUT2D eigenvalue weighted by Crippen LogP contribution is -2.36. The van der Waals surface area contributed by atoms with Crippen LogP contribution in [0.2, 0.25) is 0 Å². The number of aliphatic hydroxyl groups excluding tert-OH is 1. The Morgan fingerprint density at radius 1 is 1.14 bits per heavy atom. The predicted molar refractivity (Wildman–Crippen MR) is 135 cm³/mol. The second-order valence-corrected chi connectivity index (χ2v) is 10.1. The fraction of sp³-hybridized carbons (Fsp3) is 0.379. The first kappa shape index (κ1) is 24.7. The third-order valence-corrected chi connectivity index (χ3v) is 6.55. The molecule has 1 N–H and O–H groups in total. The molecule has 2 unspecified atom stereocenters. The van der Waals surface area contributed by atoms with Crippen molar-refractivity contribution in [2.24, 2.45) is 0 Å². The van der Waals surface area contributed by atoms with Crippen LogP contribution in [0.15, 0.2) is 66.8 Å². The van der Waals surface area contributed by atoms with E-state index >= 15 is 0 Å². The van der Waals surface area contributed by atoms with Crippen molar-refractivity contribution in [3.63, 3.8) is 0 Å². The number of nitrogens with zero attached hydrogens (tertiary/aromatic N) is 1. The van der Waals surface area contributed by atoms with Crippen molar-refractivity contribution in [3.8, 4) is 5.75 Å². The highest BCUT2D eigenvalue weighted by Gasteiger charge is 2.47. The third kappa shape index (κ3) is 5.17. The maximum atomic E-state index is 13.2. The number of carbonyl (C=O) groups excluding carboxylic acids is 2. The second kappa shape index (κ2) is 10.1. The zero-order chi connectivity index (χ0) is 25.2. The van der Waals surface area contributed by atoms with Gasteiger partial charge < -0.3 is 19.5 Å². The Morgan fingerprint density at radius 2 is 1.83 bits per heavy atom. The highest BCUT2D eigenvalue weighted by Crippen LogP contribution is 2.40. The normalized spacial score (nSPS) is 22.0. The van der Waals surface area contributed by atoms with Crippen LogP contribution in [-0.2, 0) is 19.7 Å². The first-order chi connectivity index (χ1) is 16.7. The van der Waals surface area contributed by atoms with Gasteiger partial charge in [-0.1, -0.05) is 57.7 Å². The molecule has 0 radical (unpaired) electrons. The largest absolute Gasteiger partial charge is 0.507 e. The van der Waals surface area contributed by atoms with Crippen LogP contribution >= 0.6 is 0 Å². The molecule has 2 heterocycles. The molecule has 6 nitrogen and oxygen atoms in total. The van der Waals surface area contributed by atoms with Crippen LogP contribution in [0.5, 0.6) is 5.75 Å². The number of carbonyl (C=O) groups is 2. The quantitative estimate of drug-likeness (QED) is 0.259. The summed E-state index contributed by atoms with van der Waals surface area (Å²) in [4.78, 5) is 28.0. The van der Waals surface area contributed by atoms with Crippen molar-refractivity contribution in [2.75, 3.05) is 19.8 Å². The summed E-state index contributed by atoms with van der Waals surface area (Å²) in [6.45, 7) is 11.4. The van der Waals surface area contributed by atoms with E-state index < -0.39 is 17.7 Å². The molecule has 0 spiro atoms. The molecule has 4 rings (SSSR count). The summed E-state index contributed by atoms with van der Waals surface area (Å²) in [7, 11) is 0. The van der Waals surface area contributed by atoms with E-state index in [9.17, 15) is 14.7 Å². The minimum atomic E-state index is -0.690. The van der Waals surface area contributed by atoms with Crippen LogP contribution in [0, 0.1) is 0 Å². The minimum absolute atomic E-state index is 0.0343. The van der Waals surface area contributed by atoms with E-state index in [-0.39, 0.29) is 22.9 Å². The SMILES string of the molecule is C=CCOc1ccc(/C(O)=C2\C(=O)C(=O)N(CC3CCCO3)C2c2ccc(C(C)(C)C)cc2)cc1. The molecular weight excluding hydrogens is 442 g/mol. The molecule has 1 amide bonds. The molecule has 6 heteroatoms. The van der Waals surface area contributed by atoms with Crippen molar-refractivity contribution in [1.29, 1.82) is 0 Å². The Bertz CT molecular complexity index is 1120. The molecule has 35 heavy (non-hydrogen) atoms. The molecule has 2 aliphatic rings. The van der Waals surface area contributed by atoms with Crippen molar-refractivity contribution >= 4 is 17.4 Å². The topological polar surface area (TPSA) is 76.1 Å².